The molecule has 3 heterocycles. The Morgan fingerprint density at radius 3 is 2.64 bits per heavy atom. The number of pyridine rings is 1. The first-order valence-corrected chi connectivity index (χ1v) is 11.7. The molecule has 1 unspecified atom stereocenters. The van der Waals surface area contributed by atoms with Gasteiger partial charge in [-0.15, -0.1) is 0 Å². The number of H-pyrrole nitrogens is 1. The van der Waals surface area contributed by atoms with Crippen LogP contribution in [0.2, 0.25) is 0 Å². The molecule has 4 rings (SSSR count). The van der Waals surface area contributed by atoms with Gasteiger partial charge >= 0.3 is 0 Å². The van der Waals surface area contributed by atoms with Crippen molar-refractivity contribution in [2.45, 2.75) is 18.9 Å². The summed E-state index contributed by atoms with van der Waals surface area (Å²) in [5, 5.41) is 10.0. The summed E-state index contributed by atoms with van der Waals surface area (Å²) in [5.74, 6) is 0.542. The predicted octanol–water partition coefficient (Wildman–Crippen LogP) is 1.81. The van der Waals surface area contributed by atoms with Crippen molar-refractivity contribution in [1.29, 1.82) is 0 Å². The van der Waals surface area contributed by atoms with Gasteiger partial charge in [0.15, 0.2) is 0 Å². The molecule has 2 aromatic rings. The van der Waals surface area contributed by atoms with Gasteiger partial charge in [0.2, 0.25) is 0 Å². The number of piperidine rings is 1. The smallest absolute Gasteiger partial charge is 0.257 e. The Bertz CT molecular complexity index is 1030. The number of rotatable bonds is 7. The summed E-state index contributed by atoms with van der Waals surface area (Å²) in [6.45, 7) is 10.3. The zero-order valence-electron chi connectivity index (χ0n) is 19.4. The van der Waals surface area contributed by atoms with E-state index in [4.69, 9.17) is 5.73 Å². The van der Waals surface area contributed by atoms with Crippen molar-refractivity contribution in [2.75, 3.05) is 56.5 Å². The number of benzene rings is 1. The second kappa shape index (κ2) is 10.6. The Kier molecular flexibility index (Phi) is 7.36. The van der Waals surface area contributed by atoms with E-state index in [2.05, 4.69) is 56.5 Å². The summed E-state index contributed by atoms with van der Waals surface area (Å²) < 4.78 is 0. The van der Waals surface area contributed by atoms with Crippen LogP contribution in [0.15, 0.2) is 53.7 Å². The quantitative estimate of drug-likeness (QED) is 0.439. The number of nitrogens with two attached hydrogens (primary N) is 1. The first-order valence-electron chi connectivity index (χ1n) is 11.7. The molecule has 2 fully saturated rings. The molecule has 0 bridgehead atoms. The fraction of sp³-hybridized carbons (Fsp3) is 0.400. The summed E-state index contributed by atoms with van der Waals surface area (Å²) >= 11 is 0. The largest absolute Gasteiger partial charge is 0.386 e. The second-order valence-electron chi connectivity index (χ2n) is 8.87. The second-order valence-corrected chi connectivity index (χ2v) is 8.87. The van der Waals surface area contributed by atoms with Crippen molar-refractivity contribution >= 4 is 23.1 Å². The minimum absolute atomic E-state index is 0.206. The molecular weight excluding hydrogens is 414 g/mol. The molecule has 1 aromatic carbocycles. The third-order valence-corrected chi connectivity index (χ3v) is 6.30. The third kappa shape index (κ3) is 5.97. The Balaban J connectivity index is 1.45. The van der Waals surface area contributed by atoms with Crippen molar-refractivity contribution in [1.82, 2.24) is 20.5 Å². The normalized spacial score (nSPS) is 19.8. The van der Waals surface area contributed by atoms with Crippen LogP contribution in [0.25, 0.3) is 11.8 Å². The Morgan fingerprint density at radius 2 is 1.94 bits per heavy atom. The number of likely N-dealkylation sites (N-methyl/N-ethyl adjacent to an activating group) is 1. The summed E-state index contributed by atoms with van der Waals surface area (Å²) in [6, 6.07) is 10.4. The van der Waals surface area contributed by atoms with Crippen LogP contribution >= 0.6 is 0 Å². The van der Waals surface area contributed by atoms with Gasteiger partial charge in [0.25, 0.3) is 5.56 Å². The van der Waals surface area contributed by atoms with Crippen LogP contribution in [0, 0.1) is 0 Å². The summed E-state index contributed by atoms with van der Waals surface area (Å²) in [7, 11) is 2.15. The van der Waals surface area contributed by atoms with Gasteiger partial charge in [0.05, 0.1) is 11.4 Å². The molecule has 0 aliphatic carbocycles. The SMILES string of the molecule is C=C(Nc1ccc(N2CCN(C)CC2)cc1)c1c(/C=C(\N)NC2CCCNC2)cc[nH]c1=O. The van der Waals surface area contributed by atoms with E-state index in [1.54, 1.807) is 6.20 Å². The van der Waals surface area contributed by atoms with Crippen LogP contribution in [0.3, 0.4) is 0 Å². The highest BCUT2D eigenvalue weighted by molar-refractivity contribution is 5.80. The molecule has 8 nitrogen and oxygen atoms in total. The van der Waals surface area contributed by atoms with E-state index in [1.807, 2.05) is 24.3 Å². The lowest BCUT2D eigenvalue weighted by atomic mass is 10.1. The van der Waals surface area contributed by atoms with Crippen molar-refractivity contribution < 1.29 is 0 Å². The van der Waals surface area contributed by atoms with Crippen molar-refractivity contribution in [3.05, 3.63) is 70.4 Å². The Hall–Kier alpha value is -3.23. The minimum atomic E-state index is -0.206. The fourth-order valence-electron chi connectivity index (χ4n) is 4.40. The van der Waals surface area contributed by atoms with Gasteiger partial charge in [-0.1, -0.05) is 6.58 Å². The maximum atomic E-state index is 12.7. The fourth-order valence-corrected chi connectivity index (χ4v) is 4.40. The molecule has 2 aliphatic heterocycles. The summed E-state index contributed by atoms with van der Waals surface area (Å²) in [5.41, 5.74) is 9.87. The van der Waals surface area contributed by atoms with Crippen LogP contribution in [0.4, 0.5) is 11.4 Å². The number of nitrogens with zero attached hydrogens (tertiary/aromatic N) is 2. The number of nitrogens with one attached hydrogen (secondary N) is 4. The first kappa shape index (κ1) is 22.9. The molecule has 6 N–H and O–H groups in total. The topological polar surface area (TPSA) is 101 Å². The molecule has 1 aromatic heterocycles. The van der Waals surface area contributed by atoms with E-state index in [-0.39, 0.29) is 5.56 Å². The van der Waals surface area contributed by atoms with Crippen LogP contribution in [0.1, 0.15) is 24.0 Å². The molecule has 1 atom stereocenters. The average molecular weight is 450 g/mol. The standard InChI is InChI=1S/C25H35N7O/c1-18(29-20-5-7-22(8-6-20)32-14-12-31(2)13-15-32)24-19(9-11-28-25(24)33)16-23(26)30-21-4-3-10-27-17-21/h5-9,11,16,21,27,29-30H,1,3-4,10,12-15,17,26H2,2H3,(H,28,33)/b23-16+. The van der Waals surface area contributed by atoms with Gasteiger partial charge in [0, 0.05) is 62.0 Å². The lowest BCUT2D eigenvalue weighted by Gasteiger charge is -2.34. The number of piperazine rings is 1. The molecule has 33 heavy (non-hydrogen) atoms. The van der Waals surface area contributed by atoms with E-state index in [9.17, 15) is 4.79 Å². The highest BCUT2D eigenvalue weighted by atomic mass is 16.1. The van der Waals surface area contributed by atoms with Gasteiger partial charge in [-0.05, 0) is 68.4 Å². The van der Waals surface area contributed by atoms with E-state index < -0.39 is 0 Å². The molecule has 0 spiro atoms. The van der Waals surface area contributed by atoms with E-state index in [0.717, 1.165) is 63.4 Å². The molecular formula is C25H35N7O. The molecule has 0 radical (unpaired) electrons. The number of aromatic amines is 1. The zero-order valence-corrected chi connectivity index (χ0v) is 19.4. The van der Waals surface area contributed by atoms with Crippen LogP contribution in [-0.4, -0.2) is 62.2 Å². The third-order valence-electron chi connectivity index (χ3n) is 6.30. The highest BCUT2D eigenvalue weighted by Gasteiger charge is 2.16. The number of anilines is 2. The van der Waals surface area contributed by atoms with Crippen LogP contribution in [0.5, 0.6) is 0 Å². The lowest BCUT2D eigenvalue weighted by Crippen LogP contribution is -2.44. The number of hydrogen-bond acceptors (Lipinski definition) is 7. The molecule has 8 heteroatoms. The van der Waals surface area contributed by atoms with Gasteiger partial charge in [-0.25, -0.2) is 0 Å². The summed E-state index contributed by atoms with van der Waals surface area (Å²) in [4.78, 5) is 20.1. The summed E-state index contributed by atoms with van der Waals surface area (Å²) in [6.07, 6.45) is 5.63. The van der Waals surface area contributed by atoms with E-state index in [1.165, 1.54) is 5.69 Å². The van der Waals surface area contributed by atoms with E-state index in [0.29, 0.717) is 23.1 Å². The molecule has 0 saturated carbocycles. The minimum Gasteiger partial charge on any atom is -0.386 e. The maximum absolute atomic E-state index is 12.7. The monoisotopic (exact) mass is 449 g/mol. The Morgan fingerprint density at radius 1 is 1.18 bits per heavy atom. The van der Waals surface area contributed by atoms with Crippen LogP contribution < -0.4 is 32.1 Å². The van der Waals surface area contributed by atoms with E-state index >= 15 is 0 Å². The van der Waals surface area contributed by atoms with Crippen LogP contribution in [-0.2, 0) is 0 Å². The van der Waals surface area contributed by atoms with Gasteiger partial charge in [-0.2, -0.15) is 0 Å². The van der Waals surface area contributed by atoms with Gasteiger partial charge in [0.1, 0.15) is 0 Å². The highest BCUT2D eigenvalue weighted by Crippen LogP contribution is 2.23. The first-order chi connectivity index (χ1) is 16.0. The number of aromatic nitrogens is 1. The van der Waals surface area contributed by atoms with Gasteiger partial charge < -0.3 is 36.5 Å². The average Bonchev–Trinajstić information content (AvgIpc) is 2.81. The predicted molar refractivity (Wildman–Crippen MR) is 137 cm³/mol. The van der Waals surface area contributed by atoms with Gasteiger partial charge in [-0.3, -0.25) is 4.79 Å². The Labute approximate surface area is 195 Å². The van der Waals surface area contributed by atoms with Crippen molar-refractivity contribution in [3.63, 3.8) is 0 Å². The maximum Gasteiger partial charge on any atom is 0.257 e. The lowest BCUT2D eigenvalue weighted by molar-refractivity contribution is 0.313. The molecule has 2 saturated heterocycles. The van der Waals surface area contributed by atoms with Crippen molar-refractivity contribution in [3.8, 4) is 0 Å². The number of hydrogen-bond donors (Lipinski definition) is 5. The molecule has 2 aliphatic rings. The molecule has 176 valence electrons. The molecule has 0 amide bonds. The zero-order chi connectivity index (χ0) is 23.2. The van der Waals surface area contributed by atoms with Crippen molar-refractivity contribution in [2.24, 2.45) is 5.73 Å².